The van der Waals surface area contributed by atoms with Gasteiger partial charge in [-0.1, -0.05) is 12.1 Å². The number of nitrogens with zero attached hydrogens (tertiary/aromatic N) is 1. The SMILES string of the molecule is Cc1ccc(-c2csc(NC(=O)c3ccoc3C)n2)cc1C. The van der Waals surface area contributed by atoms with Gasteiger partial charge in [0.25, 0.3) is 5.91 Å². The Hall–Kier alpha value is -2.40. The highest BCUT2D eigenvalue weighted by atomic mass is 32.1. The molecule has 0 bridgehead atoms. The van der Waals surface area contributed by atoms with Crippen LogP contribution in [0.2, 0.25) is 0 Å². The first-order valence-electron chi connectivity index (χ1n) is 6.93. The fraction of sp³-hybridized carbons (Fsp3) is 0.176. The molecule has 3 aromatic rings. The highest BCUT2D eigenvalue weighted by molar-refractivity contribution is 7.14. The summed E-state index contributed by atoms with van der Waals surface area (Å²) in [7, 11) is 0. The van der Waals surface area contributed by atoms with Gasteiger partial charge in [0.1, 0.15) is 5.76 Å². The predicted octanol–water partition coefficient (Wildman–Crippen LogP) is 4.58. The molecule has 0 aliphatic carbocycles. The number of thiazole rings is 1. The molecule has 0 aliphatic heterocycles. The Morgan fingerprint density at radius 3 is 2.68 bits per heavy atom. The van der Waals surface area contributed by atoms with Crippen molar-refractivity contribution in [3.05, 3.63) is 58.4 Å². The third kappa shape index (κ3) is 2.80. The van der Waals surface area contributed by atoms with Gasteiger partial charge in [0.2, 0.25) is 0 Å². The maximum absolute atomic E-state index is 12.1. The summed E-state index contributed by atoms with van der Waals surface area (Å²) in [5.41, 5.74) is 4.93. The van der Waals surface area contributed by atoms with Crippen LogP contribution in [-0.2, 0) is 0 Å². The number of amides is 1. The van der Waals surface area contributed by atoms with E-state index in [4.69, 9.17) is 4.42 Å². The van der Waals surface area contributed by atoms with Crippen molar-refractivity contribution < 1.29 is 9.21 Å². The first kappa shape index (κ1) is 14.5. The van der Waals surface area contributed by atoms with Gasteiger partial charge in [-0.25, -0.2) is 4.98 Å². The van der Waals surface area contributed by atoms with E-state index >= 15 is 0 Å². The molecule has 5 heteroatoms. The summed E-state index contributed by atoms with van der Waals surface area (Å²) in [6.07, 6.45) is 1.51. The van der Waals surface area contributed by atoms with Gasteiger partial charge in [0.05, 0.1) is 17.5 Å². The number of aromatic nitrogens is 1. The van der Waals surface area contributed by atoms with Gasteiger partial charge in [0, 0.05) is 10.9 Å². The average molecular weight is 312 g/mol. The van der Waals surface area contributed by atoms with Crippen LogP contribution in [0.5, 0.6) is 0 Å². The quantitative estimate of drug-likeness (QED) is 0.770. The number of nitrogens with one attached hydrogen (secondary N) is 1. The standard InChI is InChI=1S/C17H16N2O2S/c1-10-4-5-13(8-11(10)2)15-9-22-17(18-15)19-16(20)14-6-7-21-12(14)3/h4-9H,1-3H3,(H,18,19,20). The van der Waals surface area contributed by atoms with Crippen LogP contribution < -0.4 is 5.32 Å². The molecule has 112 valence electrons. The molecule has 0 saturated carbocycles. The minimum atomic E-state index is -0.202. The Balaban J connectivity index is 1.80. The molecule has 0 saturated heterocycles. The minimum Gasteiger partial charge on any atom is -0.469 e. The van der Waals surface area contributed by atoms with Crippen LogP contribution in [-0.4, -0.2) is 10.9 Å². The molecule has 1 amide bonds. The molecule has 0 radical (unpaired) electrons. The molecule has 22 heavy (non-hydrogen) atoms. The van der Waals surface area contributed by atoms with E-state index in [0.29, 0.717) is 16.5 Å². The number of carbonyl (C=O) groups excluding carboxylic acids is 1. The molecule has 0 fully saturated rings. The molecule has 0 atom stereocenters. The fourth-order valence-electron chi connectivity index (χ4n) is 2.15. The van der Waals surface area contributed by atoms with Crippen LogP contribution in [0.3, 0.4) is 0 Å². The Kier molecular flexibility index (Phi) is 3.81. The number of carbonyl (C=O) groups is 1. The van der Waals surface area contributed by atoms with E-state index in [2.05, 4.69) is 36.3 Å². The molecule has 2 heterocycles. The Morgan fingerprint density at radius 1 is 1.18 bits per heavy atom. The van der Waals surface area contributed by atoms with Crippen LogP contribution in [0, 0.1) is 20.8 Å². The Labute approximate surface area is 132 Å². The summed E-state index contributed by atoms with van der Waals surface area (Å²) < 4.78 is 5.14. The fourth-order valence-corrected chi connectivity index (χ4v) is 2.86. The lowest BCUT2D eigenvalue weighted by Crippen LogP contribution is -2.11. The third-order valence-corrected chi connectivity index (χ3v) is 4.39. The summed E-state index contributed by atoms with van der Waals surface area (Å²) in [6, 6.07) is 7.89. The minimum absolute atomic E-state index is 0.202. The molecule has 0 spiro atoms. The summed E-state index contributed by atoms with van der Waals surface area (Å²) >= 11 is 1.41. The molecule has 1 aromatic carbocycles. The maximum atomic E-state index is 12.1. The zero-order valence-electron chi connectivity index (χ0n) is 12.6. The van der Waals surface area contributed by atoms with Crippen molar-refractivity contribution in [3.63, 3.8) is 0 Å². The van der Waals surface area contributed by atoms with Crippen molar-refractivity contribution in [2.45, 2.75) is 20.8 Å². The van der Waals surface area contributed by atoms with E-state index in [1.165, 1.54) is 28.7 Å². The number of hydrogen-bond donors (Lipinski definition) is 1. The molecule has 1 N–H and O–H groups in total. The van der Waals surface area contributed by atoms with E-state index in [1.54, 1.807) is 13.0 Å². The van der Waals surface area contributed by atoms with Crippen molar-refractivity contribution in [1.82, 2.24) is 4.98 Å². The number of furan rings is 1. The van der Waals surface area contributed by atoms with Gasteiger partial charge in [-0.3, -0.25) is 10.1 Å². The third-order valence-electron chi connectivity index (χ3n) is 3.63. The van der Waals surface area contributed by atoms with Crippen LogP contribution in [0.4, 0.5) is 5.13 Å². The lowest BCUT2D eigenvalue weighted by atomic mass is 10.1. The van der Waals surface area contributed by atoms with Crippen molar-refractivity contribution in [1.29, 1.82) is 0 Å². The molecule has 3 rings (SSSR count). The Bertz CT molecular complexity index is 833. The average Bonchev–Trinajstić information content (AvgIpc) is 3.11. The smallest absolute Gasteiger partial charge is 0.260 e. The van der Waals surface area contributed by atoms with Crippen LogP contribution in [0.15, 0.2) is 40.3 Å². The van der Waals surface area contributed by atoms with E-state index in [9.17, 15) is 4.79 Å². The summed E-state index contributed by atoms with van der Waals surface area (Å²) in [5.74, 6) is 0.399. The zero-order valence-corrected chi connectivity index (χ0v) is 13.5. The maximum Gasteiger partial charge on any atom is 0.260 e. The van der Waals surface area contributed by atoms with Crippen molar-refractivity contribution in [3.8, 4) is 11.3 Å². The lowest BCUT2D eigenvalue weighted by molar-refractivity contribution is 0.102. The van der Waals surface area contributed by atoms with Crippen LogP contribution in [0.1, 0.15) is 27.2 Å². The second-order valence-corrected chi connectivity index (χ2v) is 6.04. The first-order valence-corrected chi connectivity index (χ1v) is 7.81. The number of rotatable bonds is 3. The number of aryl methyl sites for hydroxylation is 3. The lowest BCUT2D eigenvalue weighted by Gasteiger charge is -2.02. The monoisotopic (exact) mass is 312 g/mol. The van der Waals surface area contributed by atoms with E-state index in [0.717, 1.165) is 11.3 Å². The number of benzene rings is 1. The highest BCUT2D eigenvalue weighted by Crippen LogP contribution is 2.27. The van der Waals surface area contributed by atoms with Gasteiger partial charge >= 0.3 is 0 Å². The van der Waals surface area contributed by atoms with Gasteiger partial charge in [0.15, 0.2) is 5.13 Å². The second-order valence-electron chi connectivity index (χ2n) is 5.18. The zero-order chi connectivity index (χ0) is 15.7. The first-order chi connectivity index (χ1) is 10.5. The van der Waals surface area contributed by atoms with Crippen molar-refractivity contribution in [2.75, 3.05) is 5.32 Å². The predicted molar refractivity (Wildman–Crippen MR) is 88.4 cm³/mol. The molecular formula is C17H16N2O2S. The van der Waals surface area contributed by atoms with Gasteiger partial charge < -0.3 is 4.42 Å². The van der Waals surface area contributed by atoms with Crippen molar-refractivity contribution in [2.24, 2.45) is 0 Å². The van der Waals surface area contributed by atoms with Crippen LogP contribution in [0.25, 0.3) is 11.3 Å². The number of anilines is 1. The molecule has 0 aliphatic rings. The molecule has 4 nitrogen and oxygen atoms in total. The van der Waals surface area contributed by atoms with Gasteiger partial charge in [-0.2, -0.15) is 0 Å². The van der Waals surface area contributed by atoms with E-state index in [-0.39, 0.29) is 5.91 Å². The molecule has 2 aromatic heterocycles. The van der Waals surface area contributed by atoms with Gasteiger partial charge in [-0.05, 0) is 44.0 Å². The van der Waals surface area contributed by atoms with E-state index in [1.807, 2.05) is 11.4 Å². The summed E-state index contributed by atoms with van der Waals surface area (Å²) in [5, 5.41) is 5.34. The summed E-state index contributed by atoms with van der Waals surface area (Å²) in [6.45, 7) is 5.92. The number of hydrogen-bond acceptors (Lipinski definition) is 4. The normalized spacial score (nSPS) is 10.7. The highest BCUT2D eigenvalue weighted by Gasteiger charge is 2.14. The van der Waals surface area contributed by atoms with Gasteiger partial charge in [-0.15, -0.1) is 11.3 Å². The molecular weight excluding hydrogens is 296 g/mol. The van der Waals surface area contributed by atoms with Crippen LogP contribution >= 0.6 is 11.3 Å². The summed E-state index contributed by atoms with van der Waals surface area (Å²) in [4.78, 5) is 16.6. The second kappa shape index (κ2) is 5.77. The largest absolute Gasteiger partial charge is 0.469 e. The Morgan fingerprint density at radius 2 is 2.00 bits per heavy atom. The molecule has 0 unspecified atom stereocenters. The van der Waals surface area contributed by atoms with Crippen molar-refractivity contribution >= 4 is 22.4 Å². The van der Waals surface area contributed by atoms with E-state index < -0.39 is 0 Å². The topological polar surface area (TPSA) is 55.1 Å².